The van der Waals surface area contributed by atoms with Crippen molar-refractivity contribution in [2.24, 2.45) is 0 Å². The first-order chi connectivity index (χ1) is 9.62. The molecule has 0 aliphatic rings. The molecule has 0 aliphatic carbocycles. The molecule has 6 heteroatoms. The number of nitrogen functional groups attached to an aromatic ring is 1. The number of ether oxygens (including phenoxy) is 3. The molecule has 0 spiro atoms. The fourth-order valence-electron chi connectivity index (χ4n) is 1.85. The van der Waals surface area contributed by atoms with Crippen molar-refractivity contribution in [1.29, 1.82) is 0 Å². The zero-order chi connectivity index (χ0) is 14.7. The number of carbonyl (C=O) groups excluding carboxylic acids is 1. The second-order valence-corrected chi connectivity index (χ2v) is 4.83. The fourth-order valence-corrected chi connectivity index (χ4v) is 2.75. The summed E-state index contributed by atoms with van der Waals surface area (Å²) in [4.78, 5) is 12.0. The molecule has 0 aliphatic heterocycles. The Morgan fingerprint density at radius 1 is 1.15 bits per heavy atom. The minimum atomic E-state index is -0.439. The normalized spacial score (nSPS) is 10.2. The van der Waals surface area contributed by atoms with Crippen LogP contribution in [0.4, 0.5) is 5.69 Å². The third kappa shape index (κ3) is 2.42. The molecule has 5 nitrogen and oxygen atoms in total. The Bertz CT molecular complexity index is 636. The Morgan fingerprint density at radius 3 is 2.50 bits per heavy atom. The van der Waals surface area contributed by atoms with Gasteiger partial charge in [0.1, 0.15) is 16.4 Å². The van der Waals surface area contributed by atoms with Gasteiger partial charge in [0.2, 0.25) is 0 Å². The largest absolute Gasteiger partial charge is 0.497 e. The van der Waals surface area contributed by atoms with Gasteiger partial charge >= 0.3 is 5.97 Å². The molecule has 0 atom stereocenters. The molecule has 0 fully saturated rings. The van der Waals surface area contributed by atoms with Crippen LogP contribution in [-0.2, 0) is 4.74 Å². The van der Waals surface area contributed by atoms with E-state index in [4.69, 9.17) is 19.9 Å². The lowest BCUT2D eigenvalue weighted by atomic mass is 10.1. The summed E-state index contributed by atoms with van der Waals surface area (Å²) >= 11 is 1.25. The van der Waals surface area contributed by atoms with Crippen LogP contribution in [0.1, 0.15) is 9.67 Å². The van der Waals surface area contributed by atoms with Crippen molar-refractivity contribution < 1.29 is 19.0 Å². The van der Waals surface area contributed by atoms with E-state index in [2.05, 4.69) is 0 Å². The molecule has 0 amide bonds. The Hall–Kier alpha value is -2.21. The van der Waals surface area contributed by atoms with E-state index in [0.29, 0.717) is 22.1 Å². The Kier molecular flexibility index (Phi) is 4.14. The van der Waals surface area contributed by atoms with Crippen LogP contribution in [0.25, 0.3) is 11.1 Å². The summed E-state index contributed by atoms with van der Waals surface area (Å²) in [5.41, 5.74) is 7.97. The van der Waals surface area contributed by atoms with Crippen LogP contribution in [0.2, 0.25) is 0 Å². The SMILES string of the molecule is COC(=O)c1scc(-c2ccc(OC)cc2OC)c1N. The lowest BCUT2D eigenvalue weighted by Gasteiger charge is -2.10. The van der Waals surface area contributed by atoms with Gasteiger partial charge in [0.05, 0.1) is 27.0 Å². The molecule has 0 unspecified atom stereocenters. The van der Waals surface area contributed by atoms with Crippen molar-refractivity contribution in [1.82, 2.24) is 0 Å². The number of benzene rings is 1. The van der Waals surface area contributed by atoms with E-state index in [1.54, 1.807) is 20.3 Å². The molecule has 2 aromatic rings. The number of methoxy groups -OCH3 is 3. The van der Waals surface area contributed by atoms with Crippen molar-refractivity contribution in [2.45, 2.75) is 0 Å². The van der Waals surface area contributed by atoms with Gasteiger partial charge in [-0.3, -0.25) is 0 Å². The van der Waals surface area contributed by atoms with Crippen LogP contribution in [0.3, 0.4) is 0 Å². The molecule has 0 saturated carbocycles. The predicted molar refractivity (Wildman–Crippen MR) is 78.6 cm³/mol. The highest BCUT2D eigenvalue weighted by molar-refractivity contribution is 7.13. The zero-order valence-corrected chi connectivity index (χ0v) is 12.2. The second kappa shape index (κ2) is 5.83. The van der Waals surface area contributed by atoms with E-state index in [-0.39, 0.29) is 0 Å². The van der Waals surface area contributed by atoms with Gasteiger partial charge in [-0.25, -0.2) is 4.79 Å². The van der Waals surface area contributed by atoms with Crippen molar-refractivity contribution in [2.75, 3.05) is 27.1 Å². The van der Waals surface area contributed by atoms with E-state index in [1.807, 2.05) is 17.5 Å². The number of thiophene rings is 1. The van der Waals surface area contributed by atoms with E-state index in [9.17, 15) is 4.79 Å². The van der Waals surface area contributed by atoms with Crippen molar-refractivity contribution >= 4 is 23.0 Å². The zero-order valence-electron chi connectivity index (χ0n) is 11.4. The Labute approximate surface area is 120 Å². The van der Waals surface area contributed by atoms with Crippen molar-refractivity contribution in [3.05, 3.63) is 28.5 Å². The summed E-state index contributed by atoms with van der Waals surface area (Å²) in [6.07, 6.45) is 0. The molecule has 2 N–H and O–H groups in total. The number of anilines is 1. The van der Waals surface area contributed by atoms with Crippen LogP contribution >= 0.6 is 11.3 Å². The van der Waals surface area contributed by atoms with Gasteiger partial charge in [-0.2, -0.15) is 0 Å². The Morgan fingerprint density at radius 2 is 1.90 bits per heavy atom. The van der Waals surface area contributed by atoms with E-state index < -0.39 is 5.97 Å². The van der Waals surface area contributed by atoms with Crippen LogP contribution < -0.4 is 15.2 Å². The number of esters is 1. The summed E-state index contributed by atoms with van der Waals surface area (Å²) < 4.78 is 15.2. The van der Waals surface area contributed by atoms with Gasteiger partial charge < -0.3 is 19.9 Å². The summed E-state index contributed by atoms with van der Waals surface area (Å²) in [5, 5.41) is 1.81. The predicted octanol–water partition coefficient (Wildman–Crippen LogP) is 2.80. The topological polar surface area (TPSA) is 70.8 Å². The molecule has 106 valence electrons. The third-order valence-corrected chi connectivity index (χ3v) is 3.87. The highest BCUT2D eigenvalue weighted by atomic mass is 32.1. The van der Waals surface area contributed by atoms with Crippen LogP contribution in [0.15, 0.2) is 23.6 Å². The first-order valence-electron chi connectivity index (χ1n) is 5.80. The maximum Gasteiger partial charge on any atom is 0.350 e. The highest BCUT2D eigenvalue weighted by Gasteiger charge is 2.19. The van der Waals surface area contributed by atoms with Gasteiger partial charge in [0.15, 0.2) is 0 Å². The van der Waals surface area contributed by atoms with Crippen molar-refractivity contribution in [3.8, 4) is 22.6 Å². The summed E-state index contributed by atoms with van der Waals surface area (Å²) in [7, 11) is 4.49. The molecular weight excluding hydrogens is 278 g/mol. The molecule has 20 heavy (non-hydrogen) atoms. The summed E-state index contributed by atoms with van der Waals surface area (Å²) in [5.74, 6) is 0.879. The molecular formula is C14H15NO4S. The number of nitrogens with two attached hydrogens (primary N) is 1. The molecule has 2 rings (SSSR count). The monoisotopic (exact) mass is 293 g/mol. The molecule has 1 aromatic carbocycles. The van der Waals surface area contributed by atoms with E-state index in [1.165, 1.54) is 18.4 Å². The van der Waals surface area contributed by atoms with Gasteiger partial charge in [0, 0.05) is 22.6 Å². The number of carbonyl (C=O) groups is 1. The molecule has 0 radical (unpaired) electrons. The number of hydrogen-bond acceptors (Lipinski definition) is 6. The van der Waals surface area contributed by atoms with Gasteiger partial charge in [-0.1, -0.05) is 0 Å². The van der Waals surface area contributed by atoms with E-state index >= 15 is 0 Å². The van der Waals surface area contributed by atoms with E-state index in [0.717, 1.165) is 11.1 Å². The highest BCUT2D eigenvalue weighted by Crippen LogP contribution is 2.40. The van der Waals surface area contributed by atoms with Crippen molar-refractivity contribution in [3.63, 3.8) is 0 Å². The molecule has 1 aromatic heterocycles. The van der Waals surface area contributed by atoms with Crippen LogP contribution in [0, 0.1) is 0 Å². The van der Waals surface area contributed by atoms with Crippen LogP contribution in [-0.4, -0.2) is 27.3 Å². The first kappa shape index (κ1) is 14.2. The fraction of sp³-hybridized carbons (Fsp3) is 0.214. The number of hydrogen-bond donors (Lipinski definition) is 1. The molecule has 1 heterocycles. The maximum absolute atomic E-state index is 11.6. The summed E-state index contributed by atoms with van der Waals surface area (Å²) in [6, 6.07) is 5.42. The quantitative estimate of drug-likeness (QED) is 0.878. The third-order valence-electron chi connectivity index (χ3n) is 2.90. The smallest absolute Gasteiger partial charge is 0.350 e. The van der Waals surface area contributed by atoms with Crippen LogP contribution in [0.5, 0.6) is 11.5 Å². The maximum atomic E-state index is 11.6. The average molecular weight is 293 g/mol. The standard InChI is InChI=1S/C14H15NO4S/c1-17-8-4-5-9(11(6-8)18-2)10-7-20-13(12(10)15)14(16)19-3/h4-7H,15H2,1-3H3. The Balaban J connectivity index is 2.52. The number of rotatable bonds is 4. The van der Waals surface area contributed by atoms with Gasteiger partial charge in [-0.05, 0) is 12.1 Å². The minimum Gasteiger partial charge on any atom is -0.497 e. The lowest BCUT2D eigenvalue weighted by molar-refractivity contribution is 0.0607. The van der Waals surface area contributed by atoms with Gasteiger partial charge in [-0.15, -0.1) is 11.3 Å². The first-order valence-corrected chi connectivity index (χ1v) is 6.68. The average Bonchev–Trinajstić information content (AvgIpc) is 2.87. The van der Waals surface area contributed by atoms with Gasteiger partial charge in [0.25, 0.3) is 0 Å². The lowest BCUT2D eigenvalue weighted by Crippen LogP contribution is -2.02. The minimum absolute atomic E-state index is 0.389. The second-order valence-electron chi connectivity index (χ2n) is 3.95. The summed E-state index contributed by atoms with van der Waals surface area (Å²) in [6.45, 7) is 0. The molecule has 0 saturated heterocycles. The molecule has 0 bridgehead atoms.